The highest BCUT2D eigenvalue weighted by Gasteiger charge is 2.05. The smallest absolute Gasteiger partial charge is 0.0198 e. The highest BCUT2D eigenvalue weighted by atomic mass is 32.2. The molecule has 0 fully saturated rings. The molecule has 0 aliphatic carbocycles. The average molecular weight is 130 g/mol. The summed E-state index contributed by atoms with van der Waals surface area (Å²) < 4.78 is 0. The molecule has 0 saturated heterocycles. The topological polar surface area (TPSA) is 0 Å². The van der Waals surface area contributed by atoms with Crippen molar-refractivity contribution in [1.82, 2.24) is 0 Å². The molecule has 0 aromatic heterocycles. The Morgan fingerprint density at radius 1 is 0.875 bits per heavy atom. The molecule has 0 bridgehead atoms. The number of hydrogen-bond donors (Lipinski definition) is 0. The first-order valence-corrected chi connectivity index (χ1v) is 4.72. The van der Waals surface area contributed by atoms with Gasteiger partial charge < -0.3 is 0 Å². The van der Waals surface area contributed by atoms with Crippen LogP contribution in [0.4, 0.5) is 0 Å². The number of hydrogen-bond acceptors (Lipinski definition) is 0. The van der Waals surface area contributed by atoms with Crippen LogP contribution in [0.2, 0.25) is 0 Å². The summed E-state index contributed by atoms with van der Waals surface area (Å²) in [7, 11) is 0.755. The van der Waals surface area contributed by atoms with Crippen molar-refractivity contribution < 1.29 is 0 Å². The Morgan fingerprint density at radius 3 is 1.12 bits per heavy atom. The van der Waals surface area contributed by atoms with Crippen molar-refractivity contribution in [3.8, 4) is 0 Å². The lowest BCUT2D eigenvalue weighted by Crippen LogP contribution is -2.09. The van der Waals surface area contributed by atoms with Crippen molar-refractivity contribution in [3.05, 3.63) is 0 Å². The molecule has 0 nitrogen and oxygen atoms in total. The molecule has 8 heavy (non-hydrogen) atoms. The molecule has 0 unspecified atom stereocenters. The lowest BCUT2D eigenvalue weighted by Gasteiger charge is -1.96. The van der Waals surface area contributed by atoms with Gasteiger partial charge in [-0.15, -0.1) is 0 Å². The van der Waals surface area contributed by atoms with Gasteiger partial charge in [-0.3, -0.25) is 0 Å². The van der Waals surface area contributed by atoms with Gasteiger partial charge >= 0.3 is 0 Å². The van der Waals surface area contributed by atoms with Crippen molar-refractivity contribution in [1.29, 1.82) is 0 Å². The van der Waals surface area contributed by atoms with E-state index in [0.717, 1.165) is 10.9 Å². The van der Waals surface area contributed by atoms with Gasteiger partial charge in [-0.2, -0.15) is 0 Å². The normalized spacial score (nSPS) is 9.00. The third-order valence-corrected chi connectivity index (χ3v) is 3.67. The van der Waals surface area contributed by atoms with Gasteiger partial charge in [-0.25, -0.2) is 0 Å². The molecular weight excluding hydrogens is 115 g/mol. The van der Waals surface area contributed by atoms with Gasteiger partial charge in [0.25, 0.3) is 0 Å². The summed E-state index contributed by atoms with van der Waals surface area (Å²) in [6, 6.07) is 0. The SMILES string of the molecule is CC[S+](CC)CC.[B]. The van der Waals surface area contributed by atoms with Crippen molar-refractivity contribution in [2.24, 2.45) is 0 Å². The van der Waals surface area contributed by atoms with E-state index in [-0.39, 0.29) is 8.41 Å². The minimum absolute atomic E-state index is 0. The Kier molecular flexibility index (Phi) is 10.4. The van der Waals surface area contributed by atoms with Crippen LogP contribution in [-0.2, 0) is 10.9 Å². The fraction of sp³-hybridized carbons (Fsp3) is 1.00. The van der Waals surface area contributed by atoms with E-state index in [2.05, 4.69) is 20.8 Å². The average Bonchev–Trinajstić information content (AvgIpc) is 1.72. The van der Waals surface area contributed by atoms with Crippen molar-refractivity contribution >= 4 is 19.3 Å². The van der Waals surface area contributed by atoms with Gasteiger partial charge in [0, 0.05) is 8.41 Å². The van der Waals surface area contributed by atoms with Crippen molar-refractivity contribution in [2.45, 2.75) is 20.8 Å². The molecule has 0 atom stereocenters. The van der Waals surface area contributed by atoms with Crippen LogP contribution >= 0.6 is 0 Å². The van der Waals surface area contributed by atoms with Gasteiger partial charge in [-0.05, 0) is 31.7 Å². The molecule has 0 spiro atoms. The van der Waals surface area contributed by atoms with E-state index in [1.54, 1.807) is 0 Å². The van der Waals surface area contributed by atoms with E-state index >= 15 is 0 Å². The van der Waals surface area contributed by atoms with Crippen LogP contribution in [0, 0.1) is 0 Å². The summed E-state index contributed by atoms with van der Waals surface area (Å²) in [5.74, 6) is 4.15. The van der Waals surface area contributed by atoms with Crippen LogP contribution in [0.15, 0.2) is 0 Å². The number of rotatable bonds is 3. The van der Waals surface area contributed by atoms with Crippen molar-refractivity contribution in [2.75, 3.05) is 17.3 Å². The molecule has 0 rings (SSSR count). The Labute approximate surface area is 58.0 Å². The first-order valence-electron chi connectivity index (χ1n) is 2.99. The summed E-state index contributed by atoms with van der Waals surface area (Å²) in [6.45, 7) is 6.82. The Balaban J connectivity index is 0. The second-order valence-corrected chi connectivity index (χ2v) is 4.44. The molecule has 0 aromatic rings. The van der Waals surface area contributed by atoms with E-state index in [0.29, 0.717) is 0 Å². The Bertz CT molecular complexity index is 30.0. The zero-order chi connectivity index (χ0) is 5.70. The zero-order valence-electron chi connectivity index (χ0n) is 6.11. The molecule has 0 aromatic carbocycles. The first kappa shape index (κ1) is 11.2. The molecule has 47 valence electrons. The van der Waals surface area contributed by atoms with E-state index in [1.165, 1.54) is 17.3 Å². The molecular formula is C6H15BS+. The maximum atomic E-state index is 2.27. The van der Waals surface area contributed by atoms with E-state index in [1.807, 2.05) is 0 Å². The second-order valence-electron chi connectivity index (χ2n) is 1.48. The minimum Gasteiger partial charge on any atom is -0.0198 e. The summed E-state index contributed by atoms with van der Waals surface area (Å²) in [4.78, 5) is 0. The molecule has 0 heterocycles. The molecule has 0 N–H and O–H groups in total. The second kappa shape index (κ2) is 7.41. The minimum atomic E-state index is 0. The predicted octanol–water partition coefficient (Wildman–Crippen LogP) is 1.28. The summed E-state index contributed by atoms with van der Waals surface area (Å²) >= 11 is 0. The summed E-state index contributed by atoms with van der Waals surface area (Å²) in [5.41, 5.74) is 0. The fourth-order valence-electron chi connectivity index (χ4n) is 0.612. The highest BCUT2D eigenvalue weighted by Crippen LogP contribution is 1.92. The Hall–Kier alpha value is 0.415. The quantitative estimate of drug-likeness (QED) is 0.398. The third-order valence-electron chi connectivity index (χ3n) is 1.22. The van der Waals surface area contributed by atoms with Crippen LogP contribution in [-0.4, -0.2) is 25.7 Å². The fourth-order valence-corrected chi connectivity index (χ4v) is 1.84. The molecule has 0 aliphatic heterocycles. The van der Waals surface area contributed by atoms with Crippen LogP contribution < -0.4 is 0 Å². The molecule has 3 radical (unpaired) electrons. The first-order chi connectivity index (χ1) is 3.35. The zero-order valence-corrected chi connectivity index (χ0v) is 6.92. The largest absolute Gasteiger partial charge is 0.105 e. The third kappa shape index (κ3) is 4.57. The summed E-state index contributed by atoms with van der Waals surface area (Å²) in [5, 5.41) is 0. The lowest BCUT2D eigenvalue weighted by atomic mass is 10.8. The van der Waals surface area contributed by atoms with Gasteiger partial charge in [0.1, 0.15) is 17.3 Å². The Morgan fingerprint density at radius 2 is 1.12 bits per heavy atom. The monoisotopic (exact) mass is 130 g/mol. The van der Waals surface area contributed by atoms with Crippen LogP contribution in [0.3, 0.4) is 0 Å². The lowest BCUT2D eigenvalue weighted by molar-refractivity contribution is 1.37. The van der Waals surface area contributed by atoms with Crippen molar-refractivity contribution in [3.63, 3.8) is 0 Å². The van der Waals surface area contributed by atoms with E-state index in [4.69, 9.17) is 0 Å². The molecule has 2 heteroatoms. The maximum Gasteiger partial charge on any atom is 0.105 e. The summed E-state index contributed by atoms with van der Waals surface area (Å²) in [6.07, 6.45) is 0. The molecule has 0 aliphatic rings. The van der Waals surface area contributed by atoms with E-state index in [9.17, 15) is 0 Å². The standard InChI is InChI=1S/C6H15S.B/c1-4-7(5-2)6-3;/h4-6H2,1-3H3;/q+1;. The molecule has 0 saturated carbocycles. The van der Waals surface area contributed by atoms with Gasteiger partial charge in [-0.1, -0.05) is 0 Å². The van der Waals surface area contributed by atoms with Gasteiger partial charge in [0.2, 0.25) is 0 Å². The van der Waals surface area contributed by atoms with E-state index < -0.39 is 0 Å². The van der Waals surface area contributed by atoms with Crippen LogP contribution in [0.25, 0.3) is 0 Å². The van der Waals surface area contributed by atoms with Crippen LogP contribution in [0.1, 0.15) is 20.8 Å². The maximum absolute atomic E-state index is 2.27. The van der Waals surface area contributed by atoms with Gasteiger partial charge in [0.05, 0.1) is 0 Å². The highest BCUT2D eigenvalue weighted by molar-refractivity contribution is 7.96. The van der Waals surface area contributed by atoms with Crippen LogP contribution in [0.5, 0.6) is 0 Å². The van der Waals surface area contributed by atoms with Gasteiger partial charge in [0.15, 0.2) is 0 Å². The molecule has 0 amide bonds. The predicted molar refractivity (Wildman–Crippen MR) is 44.7 cm³/mol.